The van der Waals surface area contributed by atoms with Gasteiger partial charge in [0.2, 0.25) is 0 Å². The summed E-state index contributed by atoms with van der Waals surface area (Å²) in [5.41, 5.74) is 1.35. The van der Waals surface area contributed by atoms with Crippen LogP contribution in [0.15, 0.2) is 10.9 Å². The molecule has 0 aliphatic heterocycles. The number of carboxylic acid groups (broad SMARTS) is 1. The molecule has 172 valence electrons. The van der Waals surface area contributed by atoms with Crippen molar-refractivity contribution in [1.29, 1.82) is 0 Å². The van der Waals surface area contributed by atoms with Gasteiger partial charge in [0.1, 0.15) is 11.6 Å². The van der Waals surface area contributed by atoms with Crippen molar-refractivity contribution in [2.24, 2.45) is 11.3 Å². The summed E-state index contributed by atoms with van der Waals surface area (Å²) >= 11 is 0. The zero-order valence-electron chi connectivity index (χ0n) is 19.3. The molecule has 1 saturated carbocycles. The van der Waals surface area contributed by atoms with Crippen molar-refractivity contribution < 1.29 is 14.7 Å². The molecule has 0 radical (unpaired) electrons. The molecular weight excluding hydrogens is 392 g/mol. The van der Waals surface area contributed by atoms with Gasteiger partial charge in [0.15, 0.2) is 0 Å². The van der Waals surface area contributed by atoms with Crippen LogP contribution in [0.3, 0.4) is 0 Å². The Kier molecular flexibility index (Phi) is 7.60. The highest BCUT2D eigenvalue weighted by atomic mass is 16.4. The highest BCUT2D eigenvalue weighted by molar-refractivity contribution is 5.96. The Balaban J connectivity index is 2.00. The van der Waals surface area contributed by atoms with Crippen molar-refractivity contribution in [1.82, 2.24) is 9.88 Å². The first-order chi connectivity index (χ1) is 14.7. The van der Waals surface area contributed by atoms with Gasteiger partial charge in [-0.3, -0.25) is 9.59 Å². The number of hydrogen-bond acceptors (Lipinski definition) is 3. The van der Waals surface area contributed by atoms with Gasteiger partial charge in [-0.25, -0.2) is 4.79 Å². The van der Waals surface area contributed by atoms with E-state index in [1.807, 2.05) is 4.57 Å². The third-order valence-corrected chi connectivity index (χ3v) is 6.90. The molecule has 1 fully saturated rings. The Morgan fingerprint density at radius 3 is 2.29 bits per heavy atom. The van der Waals surface area contributed by atoms with Crippen LogP contribution in [0.5, 0.6) is 0 Å². The van der Waals surface area contributed by atoms with Gasteiger partial charge in [-0.1, -0.05) is 52.9 Å². The molecule has 1 aromatic heterocycles. The number of carboxylic acids is 1. The van der Waals surface area contributed by atoms with E-state index in [-0.39, 0.29) is 11.1 Å². The first kappa shape index (κ1) is 23.6. The van der Waals surface area contributed by atoms with Gasteiger partial charge >= 0.3 is 5.97 Å². The minimum atomic E-state index is -1.09. The number of carbonyl (C=O) groups excluding carboxylic acids is 1. The van der Waals surface area contributed by atoms with Crippen LogP contribution >= 0.6 is 0 Å². The van der Waals surface area contributed by atoms with Gasteiger partial charge < -0.3 is 15.0 Å². The fraction of sp³-hybridized carbons (Fsp3) is 0.720. The lowest BCUT2D eigenvalue weighted by molar-refractivity contribution is -0.142. The van der Waals surface area contributed by atoms with Gasteiger partial charge in [0, 0.05) is 12.2 Å². The summed E-state index contributed by atoms with van der Waals surface area (Å²) in [6, 6.07) is 0.685. The van der Waals surface area contributed by atoms with E-state index in [0.29, 0.717) is 12.5 Å². The average molecular weight is 431 g/mol. The maximum atomic E-state index is 13.5. The Hall–Kier alpha value is -2.11. The number of pyridine rings is 1. The molecule has 3 rings (SSSR count). The zero-order valence-corrected chi connectivity index (χ0v) is 19.3. The van der Waals surface area contributed by atoms with E-state index in [1.165, 1.54) is 25.7 Å². The van der Waals surface area contributed by atoms with Gasteiger partial charge in [0.25, 0.3) is 11.5 Å². The lowest BCUT2D eigenvalue weighted by Gasteiger charge is -2.29. The summed E-state index contributed by atoms with van der Waals surface area (Å²) in [6.07, 6.45) is 12.1. The second-order valence-electron chi connectivity index (χ2n) is 10.5. The quantitative estimate of drug-likeness (QED) is 0.728. The van der Waals surface area contributed by atoms with Gasteiger partial charge in [-0.2, -0.15) is 0 Å². The fourth-order valence-corrected chi connectivity index (χ4v) is 5.08. The molecule has 1 atom stereocenters. The van der Waals surface area contributed by atoms with Gasteiger partial charge in [0.05, 0.1) is 0 Å². The number of aliphatic carboxylic acids is 1. The summed E-state index contributed by atoms with van der Waals surface area (Å²) in [6.45, 7) is 5.99. The number of carbonyl (C=O) groups is 2. The fourth-order valence-electron chi connectivity index (χ4n) is 5.08. The molecular formula is C25H38N2O4. The predicted molar refractivity (Wildman–Crippen MR) is 121 cm³/mol. The molecule has 0 spiro atoms. The number of aromatic nitrogens is 1. The summed E-state index contributed by atoms with van der Waals surface area (Å²) in [5, 5.41) is 12.2. The smallest absolute Gasteiger partial charge is 0.326 e. The molecule has 2 N–H and O–H groups in total. The molecule has 1 aromatic rings. The van der Waals surface area contributed by atoms with Gasteiger partial charge in [-0.15, -0.1) is 0 Å². The summed E-state index contributed by atoms with van der Waals surface area (Å²) in [5.74, 6) is -1.19. The van der Waals surface area contributed by atoms with Crippen LogP contribution in [0.2, 0.25) is 0 Å². The largest absolute Gasteiger partial charge is 0.480 e. The van der Waals surface area contributed by atoms with Gasteiger partial charge in [-0.05, 0) is 61.5 Å². The Morgan fingerprint density at radius 2 is 1.68 bits per heavy atom. The third kappa shape index (κ3) is 5.78. The maximum Gasteiger partial charge on any atom is 0.326 e. The third-order valence-electron chi connectivity index (χ3n) is 6.90. The molecule has 0 saturated heterocycles. The number of aryl methyl sites for hydroxylation is 1. The standard InChI is InChI=1S/C25H38N2O4/c1-25(2,3)21(24(30)31)26-22(28)19-15-18-13-9-4-5-10-14-20(18)27(23(19)29)16-17-11-7-6-8-12-17/h15,17,21H,4-14,16H2,1-3H3,(H,26,28)(H,30,31). The van der Waals surface area contributed by atoms with Crippen LogP contribution in [0.25, 0.3) is 0 Å². The second-order valence-corrected chi connectivity index (χ2v) is 10.5. The minimum absolute atomic E-state index is 0.0885. The Labute approximate surface area is 185 Å². The highest BCUT2D eigenvalue weighted by Crippen LogP contribution is 2.27. The average Bonchev–Trinajstić information content (AvgIpc) is 2.68. The van der Waals surface area contributed by atoms with Crippen LogP contribution in [-0.4, -0.2) is 27.6 Å². The predicted octanol–water partition coefficient (Wildman–Crippen LogP) is 4.32. The highest BCUT2D eigenvalue weighted by Gasteiger charge is 2.34. The van der Waals surface area contributed by atoms with Crippen LogP contribution in [0.1, 0.15) is 100 Å². The van der Waals surface area contributed by atoms with E-state index in [4.69, 9.17) is 0 Å². The van der Waals surface area contributed by atoms with Crippen molar-refractivity contribution in [2.75, 3.05) is 0 Å². The van der Waals surface area contributed by atoms with E-state index in [9.17, 15) is 19.5 Å². The van der Waals surface area contributed by atoms with Crippen molar-refractivity contribution in [3.8, 4) is 0 Å². The van der Waals surface area contributed by atoms with Crippen molar-refractivity contribution in [3.63, 3.8) is 0 Å². The van der Waals surface area contributed by atoms with E-state index in [0.717, 1.165) is 56.2 Å². The monoisotopic (exact) mass is 430 g/mol. The topological polar surface area (TPSA) is 88.4 Å². The molecule has 1 unspecified atom stereocenters. The number of rotatable bonds is 5. The normalized spacial score (nSPS) is 19.1. The lowest BCUT2D eigenvalue weighted by Crippen LogP contribution is -2.50. The number of nitrogens with one attached hydrogen (secondary N) is 1. The summed E-state index contributed by atoms with van der Waals surface area (Å²) < 4.78 is 1.87. The van der Waals surface area contributed by atoms with Crippen molar-refractivity contribution >= 4 is 11.9 Å². The van der Waals surface area contributed by atoms with Crippen molar-refractivity contribution in [2.45, 2.75) is 104 Å². The molecule has 31 heavy (non-hydrogen) atoms. The second kappa shape index (κ2) is 10.0. The molecule has 0 bridgehead atoms. The zero-order chi connectivity index (χ0) is 22.6. The SMILES string of the molecule is CC(C)(C)C(NC(=O)c1cc2c(n(CC3CCCCC3)c1=O)CCCCCC2)C(=O)O. The van der Waals surface area contributed by atoms with E-state index >= 15 is 0 Å². The maximum absolute atomic E-state index is 13.5. The molecule has 1 heterocycles. The lowest BCUT2D eigenvalue weighted by atomic mass is 9.86. The van der Waals surface area contributed by atoms with Crippen LogP contribution < -0.4 is 10.9 Å². The first-order valence-electron chi connectivity index (χ1n) is 12.0. The molecule has 1 amide bonds. The van der Waals surface area contributed by atoms with E-state index < -0.39 is 23.3 Å². The molecule has 2 aliphatic carbocycles. The van der Waals surface area contributed by atoms with Crippen LogP contribution in [0.4, 0.5) is 0 Å². The summed E-state index contributed by atoms with van der Waals surface area (Å²) in [7, 11) is 0. The molecule has 0 aromatic carbocycles. The first-order valence-corrected chi connectivity index (χ1v) is 12.0. The van der Waals surface area contributed by atoms with Crippen LogP contribution in [-0.2, 0) is 24.2 Å². The van der Waals surface area contributed by atoms with Crippen LogP contribution in [0, 0.1) is 11.3 Å². The molecule has 2 aliphatic rings. The van der Waals surface area contributed by atoms with E-state index in [1.54, 1.807) is 26.8 Å². The molecule has 6 nitrogen and oxygen atoms in total. The Bertz CT molecular complexity index is 859. The van der Waals surface area contributed by atoms with Crippen molar-refractivity contribution in [3.05, 3.63) is 33.2 Å². The number of nitrogens with zero attached hydrogens (tertiary/aromatic N) is 1. The minimum Gasteiger partial charge on any atom is -0.480 e. The number of fused-ring (bicyclic) bond motifs is 1. The van der Waals surface area contributed by atoms with E-state index in [2.05, 4.69) is 5.32 Å². The molecule has 6 heteroatoms. The number of amides is 1. The Morgan fingerprint density at radius 1 is 1.06 bits per heavy atom. The number of hydrogen-bond donors (Lipinski definition) is 2. The summed E-state index contributed by atoms with van der Waals surface area (Å²) in [4.78, 5) is 38.4.